The maximum atomic E-state index is 12.9. The van der Waals surface area contributed by atoms with Gasteiger partial charge in [0.2, 0.25) is 0 Å². The lowest BCUT2D eigenvalue weighted by Gasteiger charge is -2.10. The molecule has 1 amide bonds. The van der Waals surface area contributed by atoms with Crippen LogP contribution in [0.3, 0.4) is 0 Å². The first-order valence-electron chi connectivity index (χ1n) is 10.9. The molecule has 0 aliphatic heterocycles. The van der Waals surface area contributed by atoms with Crippen LogP contribution >= 0.6 is 11.3 Å². The summed E-state index contributed by atoms with van der Waals surface area (Å²) in [6, 6.07) is 13.0. The zero-order valence-corrected chi connectivity index (χ0v) is 20.6. The van der Waals surface area contributed by atoms with Crippen LogP contribution in [-0.4, -0.2) is 46.7 Å². The molecule has 178 valence electrons. The molecule has 0 saturated heterocycles. The average molecular weight is 489 g/mol. The maximum Gasteiger partial charge on any atom is 0.251 e. The molecule has 5 aromatic rings. The van der Waals surface area contributed by atoms with Crippen molar-refractivity contribution in [3.63, 3.8) is 0 Å². The quantitative estimate of drug-likeness (QED) is 0.353. The number of aryl methyl sites for hydroxylation is 1. The Morgan fingerprint density at radius 1 is 1.06 bits per heavy atom. The van der Waals surface area contributed by atoms with Crippen molar-refractivity contribution >= 4 is 44.4 Å². The van der Waals surface area contributed by atoms with Gasteiger partial charge in [0.25, 0.3) is 5.91 Å². The van der Waals surface area contributed by atoms with Gasteiger partial charge in [0.1, 0.15) is 37.9 Å². The Kier molecular flexibility index (Phi) is 5.96. The maximum absolute atomic E-state index is 12.9. The summed E-state index contributed by atoms with van der Waals surface area (Å²) >= 11 is 1.48. The largest absolute Gasteiger partial charge is 0.497 e. The molecule has 2 N–H and O–H groups in total. The zero-order valence-electron chi connectivity index (χ0n) is 19.7. The molecular formula is C25H24N6O3S. The van der Waals surface area contributed by atoms with Crippen LogP contribution in [0.1, 0.15) is 15.9 Å². The summed E-state index contributed by atoms with van der Waals surface area (Å²) in [6.07, 6.45) is 1.76. The molecule has 5 rings (SSSR count). The highest BCUT2D eigenvalue weighted by molar-refractivity contribution is 7.21. The molecule has 9 nitrogen and oxygen atoms in total. The normalized spacial score (nSPS) is 11.1. The minimum absolute atomic E-state index is 0.181. The summed E-state index contributed by atoms with van der Waals surface area (Å²) in [5.41, 5.74) is 4.77. The first kappa shape index (κ1) is 22.6. The van der Waals surface area contributed by atoms with Gasteiger partial charge in [-0.25, -0.2) is 15.0 Å². The number of fused-ring (bicyclic) bond motifs is 3. The molecule has 0 atom stereocenters. The van der Waals surface area contributed by atoms with Crippen LogP contribution in [0.25, 0.3) is 32.0 Å². The smallest absolute Gasteiger partial charge is 0.251 e. The van der Waals surface area contributed by atoms with E-state index in [-0.39, 0.29) is 5.91 Å². The standard InChI is InChI=1S/C25H24N6O3S/c1-26-22-19-21(31(2)13-28-19)20-25(30-22)35-24(29-20)16-7-5-6-15(10-16)23(32)27-12-14-8-17(33-3)11-18(9-14)34-4/h5-11,13H,12H2,1-4H3,(H,26,30)(H,27,32). The minimum atomic E-state index is -0.181. The van der Waals surface area contributed by atoms with Crippen LogP contribution in [0, 0.1) is 0 Å². The van der Waals surface area contributed by atoms with Crippen molar-refractivity contribution in [3.8, 4) is 22.1 Å². The van der Waals surface area contributed by atoms with Gasteiger partial charge in [-0.2, -0.15) is 0 Å². The van der Waals surface area contributed by atoms with Crippen molar-refractivity contribution in [3.05, 3.63) is 59.9 Å². The summed E-state index contributed by atoms with van der Waals surface area (Å²) in [7, 11) is 6.96. The first-order valence-corrected chi connectivity index (χ1v) is 11.7. The van der Waals surface area contributed by atoms with Crippen LogP contribution in [0.4, 0.5) is 5.82 Å². The fourth-order valence-corrected chi connectivity index (χ4v) is 4.86. The van der Waals surface area contributed by atoms with Gasteiger partial charge < -0.3 is 24.7 Å². The molecule has 0 saturated carbocycles. The number of hydrogen-bond acceptors (Lipinski definition) is 8. The Morgan fingerprint density at radius 2 is 1.83 bits per heavy atom. The van der Waals surface area contributed by atoms with E-state index in [4.69, 9.17) is 19.4 Å². The lowest BCUT2D eigenvalue weighted by atomic mass is 10.1. The number of benzene rings is 2. The molecule has 0 aliphatic carbocycles. The van der Waals surface area contributed by atoms with E-state index in [1.165, 1.54) is 11.3 Å². The number of rotatable bonds is 7. The molecular weight excluding hydrogens is 464 g/mol. The highest BCUT2D eigenvalue weighted by Gasteiger charge is 2.18. The van der Waals surface area contributed by atoms with E-state index in [2.05, 4.69) is 15.6 Å². The van der Waals surface area contributed by atoms with Gasteiger partial charge in [-0.15, -0.1) is 0 Å². The number of thiazole rings is 1. The van der Waals surface area contributed by atoms with Crippen LogP contribution in [0.2, 0.25) is 0 Å². The third-order valence-corrected chi connectivity index (χ3v) is 6.68. The Bertz CT molecular complexity index is 1540. The van der Waals surface area contributed by atoms with Crippen LogP contribution < -0.4 is 20.1 Å². The fraction of sp³-hybridized carbons (Fsp3) is 0.200. The Balaban J connectivity index is 1.42. The third kappa shape index (κ3) is 4.24. The monoisotopic (exact) mass is 488 g/mol. The molecule has 0 bridgehead atoms. The highest BCUT2D eigenvalue weighted by Crippen LogP contribution is 2.35. The number of anilines is 1. The van der Waals surface area contributed by atoms with Gasteiger partial charge in [-0.1, -0.05) is 23.5 Å². The summed E-state index contributed by atoms with van der Waals surface area (Å²) < 4.78 is 12.6. The highest BCUT2D eigenvalue weighted by atomic mass is 32.1. The third-order valence-electron chi connectivity index (χ3n) is 5.68. The van der Waals surface area contributed by atoms with E-state index in [0.717, 1.165) is 37.5 Å². The van der Waals surface area contributed by atoms with Gasteiger partial charge in [0.05, 0.1) is 20.5 Å². The van der Waals surface area contributed by atoms with Crippen molar-refractivity contribution < 1.29 is 14.3 Å². The van der Waals surface area contributed by atoms with Crippen LogP contribution in [0.5, 0.6) is 11.5 Å². The van der Waals surface area contributed by atoms with Gasteiger partial charge in [-0.3, -0.25) is 4.79 Å². The lowest BCUT2D eigenvalue weighted by molar-refractivity contribution is 0.0951. The number of hydrogen-bond donors (Lipinski definition) is 2. The molecule has 0 aliphatic rings. The summed E-state index contributed by atoms with van der Waals surface area (Å²) in [5.74, 6) is 1.87. The molecule has 35 heavy (non-hydrogen) atoms. The van der Waals surface area contributed by atoms with E-state index in [1.807, 2.05) is 49.0 Å². The Hall–Kier alpha value is -4.18. The number of methoxy groups -OCH3 is 2. The van der Waals surface area contributed by atoms with E-state index in [1.54, 1.807) is 32.7 Å². The number of carbonyl (C=O) groups is 1. The summed E-state index contributed by atoms with van der Waals surface area (Å²) in [4.78, 5) is 27.8. The van der Waals surface area contributed by atoms with E-state index < -0.39 is 0 Å². The minimum Gasteiger partial charge on any atom is -0.497 e. The van der Waals surface area contributed by atoms with Gasteiger partial charge in [0, 0.05) is 37.8 Å². The second-order valence-electron chi connectivity index (χ2n) is 7.92. The van der Waals surface area contributed by atoms with Gasteiger partial charge in [-0.05, 0) is 29.8 Å². The fourth-order valence-electron chi connectivity index (χ4n) is 3.92. The number of pyridine rings is 1. The number of carbonyl (C=O) groups excluding carboxylic acids is 1. The molecule has 2 aromatic carbocycles. The summed E-state index contributed by atoms with van der Waals surface area (Å²) in [5, 5.41) is 6.87. The Morgan fingerprint density at radius 3 is 2.54 bits per heavy atom. The number of nitrogens with zero attached hydrogens (tertiary/aromatic N) is 4. The predicted octanol–water partition coefficient (Wildman–Crippen LogP) is 4.23. The van der Waals surface area contributed by atoms with Gasteiger partial charge >= 0.3 is 0 Å². The number of imidazole rings is 1. The van der Waals surface area contributed by atoms with Crippen molar-refractivity contribution in [1.29, 1.82) is 0 Å². The molecule has 0 unspecified atom stereocenters. The molecule has 0 radical (unpaired) electrons. The Labute approximate surface area is 205 Å². The van der Waals surface area contributed by atoms with Crippen molar-refractivity contribution in [2.75, 3.05) is 26.6 Å². The van der Waals surface area contributed by atoms with E-state index >= 15 is 0 Å². The number of ether oxygens (including phenoxy) is 2. The topological polar surface area (TPSA) is 103 Å². The molecule has 3 heterocycles. The van der Waals surface area contributed by atoms with Crippen molar-refractivity contribution in [2.24, 2.45) is 7.05 Å². The van der Waals surface area contributed by atoms with Crippen molar-refractivity contribution in [2.45, 2.75) is 6.54 Å². The second kappa shape index (κ2) is 9.22. The first-order chi connectivity index (χ1) is 17.0. The van der Waals surface area contributed by atoms with Gasteiger partial charge in [0.15, 0.2) is 5.82 Å². The van der Waals surface area contributed by atoms with Crippen LogP contribution in [0.15, 0.2) is 48.8 Å². The second-order valence-corrected chi connectivity index (χ2v) is 8.90. The van der Waals surface area contributed by atoms with E-state index in [9.17, 15) is 4.79 Å². The summed E-state index contributed by atoms with van der Waals surface area (Å²) in [6.45, 7) is 0.340. The van der Waals surface area contributed by atoms with Crippen LogP contribution in [-0.2, 0) is 13.6 Å². The van der Waals surface area contributed by atoms with Crippen molar-refractivity contribution in [1.82, 2.24) is 24.8 Å². The molecule has 3 aromatic heterocycles. The SMILES string of the molecule is CNc1nc2sc(-c3cccc(C(=O)NCc4cc(OC)cc(OC)c4)c3)nc2c2c1ncn2C. The van der Waals surface area contributed by atoms with E-state index in [0.29, 0.717) is 29.4 Å². The zero-order chi connectivity index (χ0) is 24.5. The predicted molar refractivity (Wildman–Crippen MR) is 137 cm³/mol. The molecule has 0 fully saturated rings. The average Bonchev–Trinajstić information content (AvgIpc) is 3.50. The molecule has 0 spiro atoms. The number of aromatic nitrogens is 4. The number of nitrogens with one attached hydrogen (secondary N) is 2. The lowest BCUT2D eigenvalue weighted by Crippen LogP contribution is -2.22. The molecule has 10 heteroatoms. The number of amides is 1.